The smallest absolute Gasteiger partial charge is 0.326 e. The third-order valence-corrected chi connectivity index (χ3v) is 3.56. The fourth-order valence-corrected chi connectivity index (χ4v) is 2.43. The highest BCUT2D eigenvalue weighted by molar-refractivity contribution is 5.96. The van der Waals surface area contributed by atoms with Crippen LogP contribution in [-0.4, -0.2) is 57.2 Å². The molecule has 1 aliphatic rings. The van der Waals surface area contributed by atoms with E-state index in [-0.39, 0.29) is 30.5 Å². The summed E-state index contributed by atoms with van der Waals surface area (Å²) >= 11 is 0. The molecule has 2 heterocycles. The second kappa shape index (κ2) is 5.52. The molecule has 1 aromatic rings. The van der Waals surface area contributed by atoms with Gasteiger partial charge in [0, 0.05) is 33.2 Å². The Hall–Kier alpha value is -2.42. The fraction of sp³-hybridized carbons (Fsp3) is 0.500. The number of ether oxygens (including phenoxy) is 1. The number of amides is 1. The Morgan fingerprint density at radius 3 is 2.67 bits per heavy atom. The van der Waals surface area contributed by atoms with Crippen molar-refractivity contribution in [2.24, 2.45) is 7.05 Å². The molecule has 2 unspecified atom stereocenters. The van der Waals surface area contributed by atoms with Crippen molar-refractivity contribution in [1.82, 2.24) is 9.47 Å². The van der Waals surface area contributed by atoms with Crippen LogP contribution in [0.5, 0.6) is 0 Å². The molecule has 2 rings (SSSR count). The van der Waals surface area contributed by atoms with Gasteiger partial charge >= 0.3 is 5.97 Å². The molecule has 0 saturated carbocycles. The number of rotatable bonds is 4. The molecule has 0 aliphatic carbocycles. The largest absolute Gasteiger partial charge is 0.480 e. The molecule has 9 nitrogen and oxygen atoms in total. The number of hydrogen-bond acceptors (Lipinski definition) is 5. The number of carbonyl (C=O) groups is 2. The van der Waals surface area contributed by atoms with Gasteiger partial charge in [0.25, 0.3) is 11.6 Å². The van der Waals surface area contributed by atoms with Crippen LogP contribution >= 0.6 is 0 Å². The maximum absolute atomic E-state index is 12.4. The molecule has 114 valence electrons. The van der Waals surface area contributed by atoms with Gasteiger partial charge < -0.3 is 19.3 Å². The van der Waals surface area contributed by atoms with Crippen molar-refractivity contribution in [3.8, 4) is 0 Å². The molecule has 2 atom stereocenters. The fourth-order valence-electron chi connectivity index (χ4n) is 2.43. The highest BCUT2D eigenvalue weighted by atomic mass is 16.6. The minimum absolute atomic E-state index is 0.0738. The molecule has 1 N–H and O–H groups in total. The summed E-state index contributed by atoms with van der Waals surface area (Å²) < 4.78 is 6.43. The van der Waals surface area contributed by atoms with E-state index in [4.69, 9.17) is 4.74 Å². The topological polar surface area (TPSA) is 115 Å². The molecule has 1 aromatic heterocycles. The van der Waals surface area contributed by atoms with Crippen molar-refractivity contribution < 1.29 is 24.4 Å². The Kier molecular flexibility index (Phi) is 3.94. The molecule has 1 amide bonds. The van der Waals surface area contributed by atoms with Gasteiger partial charge in [0.2, 0.25) is 0 Å². The Morgan fingerprint density at radius 2 is 2.19 bits per heavy atom. The quantitative estimate of drug-likeness (QED) is 0.629. The molecule has 0 radical (unpaired) electrons. The summed E-state index contributed by atoms with van der Waals surface area (Å²) in [6.45, 7) is 0.144. The van der Waals surface area contributed by atoms with Crippen LogP contribution in [0.4, 0.5) is 5.69 Å². The molecule has 9 heteroatoms. The van der Waals surface area contributed by atoms with Gasteiger partial charge in [-0.15, -0.1) is 0 Å². The van der Waals surface area contributed by atoms with Crippen LogP contribution in [-0.2, 0) is 16.6 Å². The zero-order valence-corrected chi connectivity index (χ0v) is 11.6. The van der Waals surface area contributed by atoms with Gasteiger partial charge in [-0.1, -0.05) is 0 Å². The van der Waals surface area contributed by atoms with Gasteiger partial charge in [0.15, 0.2) is 0 Å². The molecular formula is C12H15N3O6. The van der Waals surface area contributed by atoms with E-state index in [2.05, 4.69) is 0 Å². The monoisotopic (exact) mass is 297 g/mol. The Morgan fingerprint density at radius 1 is 1.52 bits per heavy atom. The minimum Gasteiger partial charge on any atom is -0.480 e. The number of aryl methyl sites for hydroxylation is 1. The number of methoxy groups -OCH3 is 1. The number of likely N-dealkylation sites (tertiary alicyclic amines) is 1. The lowest BCUT2D eigenvalue weighted by Gasteiger charge is -2.21. The van der Waals surface area contributed by atoms with Crippen molar-refractivity contribution in [2.45, 2.75) is 18.6 Å². The maximum Gasteiger partial charge on any atom is 0.326 e. The van der Waals surface area contributed by atoms with Crippen LogP contribution in [0.1, 0.15) is 16.9 Å². The first kappa shape index (κ1) is 15.0. The number of carboxylic acid groups (broad SMARTS) is 1. The summed E-state index contributed by atoms with van der Waals surface area (Å²) in [5.74, 6) is -1.68. The predicted molar refractivity (Wildman–Crippen MR) is 69.9 cm³/mol. The van der Waals surface area contributed by atoms with E-state index < -0.39 is 22.8 Å². The normalized spacial score (nSPS) is 21.5. The van der Waals surface area contributed by atoms with Crippen LogP contribution in [0.2, 0.25) is 0 Å². The number of carboxylic acids is 1. The van der Waals surface area contributed by atoms with E-state index in [9.17, 15) is 24.8 Å². The van der Waals surface area contributed by atoms with Crippen molar-refractivity contribution in [3.05, 3.63) is 28.1 Å². The van der Waals surface area contributed by atoms with Gasteiger partial charge in [-0.2, -0.15) is 0 Å². The van der Waals surface area contributed by atoms with Gasteiger partial charge in [-0.3, -0.25) is 14.9 Å². The van der Waals surface area contributed by atoms with Crippen molar-refractivity contribution in [3.63, 3.8) is 0 Å². The summed E-state index contributed by atoms with van der Waals surface area (Å²) in [4.78, 5) is 35.0. The summed E-state index contributed by atoms with van der Waals surface area (Å²) in [5.41, 5.74) is -0.139. The van der Waals surface area contributed by atoms with Crippen LogP contribution < -0.4 is 0 Å². The summed E-state index contributed by atoms with van der Waals surface area (Å²) in [6.07, 6.45) is 1.06. The summed E-state index contributed by atoms with van der Waals surface area (Å²) in [6, 6.07) is 0.151. The first-order valence-electron chi connectivity index (χ1n) is 6.22. The number of aromatic nitrogens is 1. The minimum atomic E-state index is -1.12. The maximum atomic E-state index is 12.4. The highest BCUT2D eigenvalue weighted by Gasteiger charge is 2.41. The van der Waals surface area contributed by atoms with Gasteiger partial charge in [0.05, 0.1) is 17.2 Å². The second-order valence-electron chi connectivity index (χ2n) is 4.86. The van der Waals surface area contributed by atoms with Gasteiger partial charge in [0.1, 0.15) is 11.7 Å². The lowest BCUT2D eigenvalue weighted by molar-refractivity contribution is -0.384. The van der Waals surface area contributed by atoms with Crippen LogP contribution in [0.25, 0.3) is 0 Å². The van der Waals surface area contributed by atoms with E-state index in [1.807, 2.05) is 0 Å². The zero-order valence-electron chi connectivity index (χ0n) is 11.6. The third-order valence-electron chi connectivity index (χ3n) is 3.56. The lowest BCUT2D eigenvalue weighted by Crippen LogP contribution is -2.41. The van der Waals surface area contributed by atoms with E-state index in [0.29, 0.717) is 0 Å². The lowest BCUT2D eigenvalue weighted by atomic mass is 10.2. The molecule has 1 saturated heterocycles. The van der Waals surface area contributed by atoms with Gasteiger partial charge in [-0.05, 0) is 0 Å². The molecule has 1 fully saturated rings. The van der Waals surface area contributed by atoms with Crippen LogP contribution in [0.3, 0.4) is 0 Å². The first-order chi connectivity index (χ1) is 9.85. The van der Waals surface area contributed by atoms with Crippen molar-refractivity contribution in [1.29, 1.82) is 0 Å². The predicted octanol–water partition coefficient (Wildman–Crippen LogP) is 0.247. The van der Waals surface area contributed by atoms with Crippen LogP contribution in [0, 0.1) is 10.1 Å². The molecule has 21 heavy (non-hydrogen) atoms. The summed E-state index contributed by atoms with van der Waals surface area (Å²) in [7, 11) is 2.95. The number of nitrogens with zero attached hydrogens (tertiary/aromatic N) is 3. The van der Waals surface area contributed by atoms with E-state index in [1.54, 1.807) is 0 Å². The summed E-state index contributed by atoms with van der Waals surface area (Å²) in [5, 5.41) is 19.9. The Balaban J connectivity index is 2.30. The molecule has 0 bridgehead atoms. The van der Waals surface area contributed by atoms with Crippen molar-refractivity contribution >= 4 is 17.6 Å². The molecule has 0 spiro atoms. The number of aliphatic carboxylic acids is 1. The molecular weight excluding hydrogens is 282 g/mol. The van der Waals surface area contributed by atoms with E-state index in [1.165, 1.54) is 29.8 Å². The SMILES string of the molecule is COC1CC(C(=O)O)N(C(=O)c2cc([N+](=O)[O-])cn2C)C1. The zero-order chi connectivity index (χ0) is 15.7. The number of hydrogen-bond donors (Lipinski definition) is 1. The first-order valence-corrected chi connectivity index (χ1v) is 6.22. The molecule has 0 aromatic carbocycles. The average Bonchev–Trinajstić information content (AvgIpc) is 3.01. The Bertz CT molecular complexity index is 596. The van der Waals surface area contributed by atoms with E-state index in [0.717, 1.165) is 6.07 Å². The highest BCUT2D eigenvalue weighted by Crippen LogP contribution is 2.24. The average molecular weight is 297 g/mol. The molecule has 1 aliphatic heterocycles. The van der Waals surface area contributed by atoms with Gasteiger partial charge in [-0.25, -0.2) is 4.79 Å². The van der Waals surface area contributed by atoms with E-state index >= 15 is 0 Å². The standard InChI is InChI=1S/C12H15N3O6/c1-13-5-7(15(19)20)3-9(13)11(16)14-6-8(21-2)4-10(14)12(17)18/h3,5,8,10H,4,6H2,1-2H3,(H,17,18). The second-order valence-corrected chi connectivity index (χ2v) is 4.86. The van der Waals surface area contributed by atoms with Crippen LogP contribution in [0.15, 0.2) is 12.3 Å². The van der Waals surface area contributed by atoms with Crippen molar-refractivity contribution in [2.75, 3.05) is 13.7 Å². The Labute approximate surface area is 119 Å². The number of carbonyl (C=O) groups excluding carboxylic acids is 1. The third kappa shape index (κ3) is 2.72. The number of nitro groups is 1.